The van der Waals surface area contributed by atoms with E-state index in [1.54, 1.807) is 6.07 Å². The van der Waals surface area contributed by atoms with Gasteiger partial charge in [0.05, 0.1) is 7.11 Å². The summed E-state index contributed by atoms with van der Waals surface area (Å²) in [6.45, 7) is 1.43. The molecule has 0 spiro atoms. The molecule has 0 radical (unpaired) electrons. The molecule has 8 heteroatoms. The lowest BCUT2D eigenvalue weighted by Gasteiger charge is -2.30. The van der Waals surface area contributed by atoms with E-state index in [0.29, 0.717) is 18.1 Å². The van der Waals surface area contributed by atoms with Gasteiger partial charge >= 0.3 is 5.69 Å². The van der Waals surface area contributed by atoms with Crippen LogP contribution in [0.2, 0.25) is 0 Å². The molecule has 1 aromatic heterocycles. The number of aromatic amines is 2. The molecule has 2 aliphatic rings. The van der Waals surface area contributed by atoms with Gasteiger partial charge in [-0.25, -0.2) is 9.18 Å². The third-order valence-electron chi connectivity index (χ3n) is 5.47. The number of ether oxygens (including phenoxy) is 1. The molecule has 1 aliphatic carbocycles. The molecule has 1 fully saturated rings. The summed E-state index contributed by atoms with van der Waals surface area (Å²) < 4.78 is 19.7. The standard InChI is InChI=1S/C19H23FN4O3/c1-27-15-6-5-12-13(18(15)20)3-2-4-14(12)21-11-7-8-24(10-11)16-9-17(25)23-19(26)22-16/h5-6,9,11,14,21H,2-4,7-8,10H2,1H3,(H2,22,23,25,26)/t11-,14?/m0/s1. The van der Waals surface area contributed by atoms with E-state index >= 15 is 0 Å². The van der Waals surface area contributed by atoms with Crippen LogP contribution in [0.1, 0.15) is 36.4 Å². The maximum atomic E-state index is 14.6. The molecule has 0 bridgehead atoms. The fraction of sp³-hybridized carbons (Fsp3) is 0.474. The smallest absolute Gasteiger partial charge is 0.327 e. The molecule has 2 atom stereocenters. The van der Waals surface area contributed by atoms with Gasteiger partial charge in [-0.2, -0.15) is 0 Å². The Bertz CT molecular complexity index is 926. The molecule has 3 N–H and O–H groups in total. The zero-order valence-corrected chi connectivity index (χ0v) is 15.2. The largest absolute Gasteiger partial charge is 0.494 e. The van der Waals surface area contributed by atoms with Gasteiger partial charge < -0.3 is 15.0 Å². The van der Waals surface area contributed by atoms with Crippen LogP contribution in [-0.2, 0) is 6.42 Å². The number of benzene rings is 1. The van der Waals surface area contributed by atoms with Crippen LogP contribution in [0.3, 0.4) is 0 Å². The molecule has 144 valence electrons. The van der Waals surface area contributed by atoms with Crippen molar-refractivity contribution >= 4 is 5.82 Å². The molecular formula is C19H23FN4O3. The lowest BCUT2D eigenvalue weighted by Crippen LogP contribution is -2.37. The Morgan fingerprint density at radius 1 is 1.26 bits per heavy atom. The molecule has 1 unspecified atom stereocenters. The van der Waals surface area contributed by atoms with Crippen molar-refractivity contribution in [2.75, 3.05) is 25.1 Å². The van der Waals surface area contributed by atoms with Gasteiger partial charge in [0.25, 0.3) is 5.56 Å². The third-order valence-corrected chi connectivity index (χ3v) is 5.47. The first-order chi connectivity index (χ1) is 13.0. The molecule has 2 aromatic rings. The van der Waals surface area contributed by atoms with Crippen LogP contribution >= 0.6 is 0 Å². The van der Waals surface area contributed by atoms with Crippen LogP contribution in [0.25, 0.3) is 0 Å². The van der Waals surface area contributed by atoms with Gasteiger partial charge in [0.1, 0.15) is 5.82 Å². The first kappa shape index (κ1) is 17.8. The van der Waals surface area contributed by atoms with Crippen LogP contribution in [-0.4, -0.2) is 36.2 Å². The summed E-state index contributed by atoms with van der Waals surface area (Å²) in [4.78, 5) is 29.9. The maximum Gasteiger partial charge on any atom is 0.327 e. The molecule has 0 saturated carbocycles. The number of halogens is 1. The van der Waals surface area contributed by atoms with Gasteiger partial charge in [0, 0.05) is 31.2 Å². The average molecular weight is 374 g/mol. The number of H-pyrrole nitrogens is 2. The monoisotopic (exact) mass is 374 g/mol. The fourth-order valence-corrected chi connectivity index (χ4v) is 4.19. The number of aromatic nitrogens is 2. The number of nitrogens with zero attached hydrogens (tertiary/aromatic N) is 1. The minimum absolute atomic E-state index is 0.0948. The van der Waals surface area contributed by atoms with Gasteiger partial charge in [-0.05, 0) is 42.9 Å². The predicted molar refractivity (Wildman–Crippen MR) is 100 cm³/mol. The van der Waals surface area contributed by atoms with Crippen LogP contribution in [0.5, 0.6) is 5.75 Å². The molecule has 2 heterocycles. The number of hydrogen-bond donors (Lipinski definition) is 3. The molecule has 1 saturated heterocycles. The van der Waals surface area contributed by atoms with E-state index in [2.05, 4.69) is 15.3 Å². The van der Waals surface area contributed by atoms with Crippen molar-refractivity contribution in [2.24, 2.45) is 0 Å². The number of nitrogens with one attached hydrogen (secondary N) is 3. The summed E-state index contributed by atoms with van der Waals surface area (Å²) in [5, 5.41) is 3.64. The Morgan fingerprint density at radius 2 is 2.11 bits per heavy atom. The van der Waals surface area contributed by atoms with Crippen molar-refractivity contribution in [3.05, 3.63) is 56.0 Å². The highest BCUT2D eigenvalue weighted by Gasteiger charge is 2.30. The van der Waals surface area contributed by atoms with Crippen LogP contribution < -0.4 is 26.2 Å². The molecular weight excluding hydrogens is 351 g/mol. The topological polar surface area (TPSA) is 90.2 Å². The molecule has 1 aliphatic heterocycles. The van der Waals surface area contributed by atoms with Crippen molar-refractivity contribution in [2.45, 2.75) is 37.8 Å². The lowest BCUT2D eigenvalue weighted by atomic mass is 9.86. The maximum absolute atomic E-state index is 14.6. The summed E-state index contributed by atoms with van der Waals surface area (Å²) in [6.07, 6.45) is 3.49. The highest BCUT2D eigenvalue weighted by Crippen LogP contribution is 2.35. The van der Waals surface area contributed by atoms with Crippen LogP contribution in [0.4, 0.5) is 10.2 Å². The van der Waals surface area contributed by atoms with Crippen molar-refractivity contribution in [1.29, 1.82) is 0 Å². The van der Waals surface area contributed by atoms with E-state index in [-0.39, 0.29) is 17.9 Å². The van der Waals surface area contributed by atoms with Gasteiger partial charge in [-0.15, -0.1) is 0 Å². The van der Waals surface area contributed by atoms with Crippen molar-refractivity contribution < 1.29 is 9.13 Å². The fourth-order valence-electron chi connectivity index (χ4n) is 4.19. The van der Waals surface area contributed by atoms with Crippen LogP contribution in [0.15, 0.2) is 27.8 Å². The second-order valence-electron chi connectivity index (χ2n) is 7.17. The SMILES string of the molecule is COc1ccc2c(c1F)CCCC2N[C@H]1CCN(c2cc(=O)[nH]c(=O)[nH]2)C1. The second kappa shape index (κ2) is 7.19. The van der Waals surface area contributed by atoms with Gasteiger partial charge in [0.15, 0.2) is 11.6 Å². The Balaban J connectivity index is 1.49. The molecule has 27 heavy (non-hydrogen) atoms. The number of anilines is 1. The first-order valence-corrected chi connectivity index (χ1v) is 9.25. The minimum Gasteiger partial charge on any atom is -0.494 e. The zero-order valence-electron chi connectivity index (χ0n) is 15.2. The Morgan fingerprint density at radius 3 is 2.89 bits per heavy atom. The number of fused-ring (bicyclic) bond motifs is 1. The molecule has 4 rings (SSSR count). The van der Waals surface area contributed by atoms with Gasteiger partial charge in [-0.3, -0.25) is 14.8 Å². The summed E-state index contributed by atoms with van der Waals surface area (Å²) in [6, 6.07) is 5.35. The van der Waals surface area contributed by atoms with E-state index in [4.69, 9.17) is 4.74 Å². The number of hydrogen-bond acceptors (Lipinski definition) is 5. The van der Waals surface area contributed by atoms with E-state index in [0.717, 1.165) is 43.4 Å². The van der Waals surface area contributed by atoms with E-state index in [1.165, 1.54) is 13.2 Å². The summed E-state index contributed by atoms with van der Waals surface area (Å²) >= 11 is 0. The Hall–Kier alpha value is -2.61. The summed E-state index contributed by atoms with van der Waals surface area (Å²) in [7, 11) is 1.48. The molecule has 7 nitrogen and oxygen atoms in total. The predicted octanol–water partition coefficient (Wildman–Crippen LogP) is 1.46. The zero-order chi connectivity index (χ0) is 19.0. The van der Waals surface area contributed by atoms with E-state index in [1.807, 2.05) is 11.0 Å². The molecule has 0 amide bonds. The summed E-state index contributed by atoms with van der Waals surface area (Å²) in [5.41, 5.74) is 0.838. The second-order valence-corrected chi connectivity index (χ2v) is 7.17. The Kier molecular flexibility index (Phi) is 4.73. The van der Waals surface area contributed by atoms with Crippen molar-refractivity contribution in [3.8, 4) is 5.75 Å². The van der Waals surface area contributed by atoms with Crippen molar-refractivity contribution in [3.63, 3.8) is 0 Å². The van der Waals surface area contributed by atoms with Gasteiger partial charge in [0.2, 0.25) is 0 Å². The average Bonchev–Trinajstić information content (AvgIpc) is 3.10. The normalized spacial score (nSPS) is 21.9. The molecule has 1 aromatic carbocycles. The minimum atomic E-state index is -0.500. The highest BCUT2D eigenvalue weighted by molar-refractivity contribution is 5.41. The third kappa shape index (κ3) is 3.49. The number of methoxy groups -OCH3 is 1. The first-order valence-electron chi connectivity index (χ1n) is 9.25. The van der Waals surface area contributed by atoms with Crippen molar-refractivity contribution in [1.82, 2.24) is 15.3 Å². The van der Waals surface area contributed by atoms with Gasteiger partial charge in [-0.1, -0.05) is 6.07 Å². The van der Waals surface area contributed by atoms with E-state index in [9.17, 15) is 14.0 Å². The number of rotatable bonds is 4. The quantitative estimate of drug-likeness (QED) is 0.754. The lowest BCUT2D eigenvalue weighted by molar-refractivity contribution is 0.371. The van der Waals surface area contributed by atoms with Crippen LogP contribution in [0, 0.1) is 5.82 Å². The summed E-state index contributed by atoms with van der Waals surface area (Å²) in [5.74, 6) is 0.572. The Labute approximate surface area is 155 Å². The van der Waals surface area contributed by atoms with E-state index < -0.39 is 11.2 Å². The highest BCUT2D eigenvalue weighted by atomic mass is 19.1.